The van der Waals surface area contributed by atoms with Gasteiger partial charge in [-0.25, -0.2) is 9.59 Å². The van der Waals surface area contributed by atoms with Gasteiger partial charge in [-0.2, -0.15) is 0 Å². The zero-order chi connectivity index (χ0) is 29.3. The van der Waals surface area contributed by atoms with Gasteiger partial charge in [0.15, 0.2) is 0 Å². The van der Waals surface area contributed by atoms with E-state index in [2.05, 4.69) is 9.80 Å². The Kier molecular flexibility index (Phi) is 10.9. The van der Waals surface area contributed by atoms with Crippen LogP contribution < -0.4 is 4.74 Å². The van der Waals surface area contributed by atoms with Gasteiger partial charge in [0, 0.05) is 17.0 Å². The number of aromatic carboxylic acids is 2. The van der Waals surface area contributed by atoms with Gasteiger partial charge in [-0.3, -0.25) is 0 Å². The largest absolute Gasteiger partial charge is 0.478 e. The van der Waals surface area contributed by atoms with Crippen molar-refractivity contribution >= 4 is 11.9 Å². The third-order valence-corrected chi connectivity index (χ3v) is 9.46. The molecule has 7 heteroatoms. The molecule has 0 saturated carbocycles. The van der Waals surface area contributed by atoms with Gasteiger partial charge in [0.05, 0.1) is 11.1 Å². The molecule has 0 spiro atoms. The summed E-state index contributed by atoms with van der Waals surface area (Å²) in [5.41, 5.74) is 3.59. The van der Waals surface area contributed by atoms with Crippen LogP contribution in [0.5, 0.6) is 11.5 Å². The minimum atomic E-state index is -0.994. The molecule has 3 aliphatic rings. The Balaban J connectivity index is 1.31. The van der Waals surface area contributed by atoms with E-state index in [1.165, 1.54) is 77.5 Å². The number of carbonyl (C=O) groups is 2. The van der Waals surface area contributed by atoms with Crippen molar-refractivity contribution in [3.63, 3.8) is 0 Å². The average Bonchev–Trinajstić information content (AvgIpc) is 3.00. The number of piperidine rings is 2. The Hall–Kier alpha value is -2.90. The zero-order valence-corrected chi connectivity index (χ0v) is 25.1. The maximum absolute atomic E-state index is 12.1. The van der Waals surface area contributed by atoms with Gasteiger partial charge in [0.2, 0.25) is 0 Å². The monoisotopic (exact) mass is 576 g/mol. The van der Waals surface area contributed by atoms with Crippen LogP contribution in [-0.2, 0) is 6.42 Å². The van der Waals surface area contributed by atoms with E-state index in [1.54, 1.807) is 18.2 Å². The second kappa shape index (κ2) is 15.0. The molecule has 2 aromatic rings. The molecule has 0 aromatic heterocycles. The lowest BCUT2D eigenvalue weighted by Gasteiger charge is -2.31. The summed E-state index contributed by atoms with van der Waals surface area (Å²) in [6, 6.07) is 8.67. The smallest absolute Gasteiger partial charge is 0.335 e. The normalized spacial score (nSPS) is 19.1. The Morgan fingerprint density at radius 2 is 1.29 bits per heavy atom. The number of ether oxygens (including phenoxy) is 1. The summed E-state index contributed by atoms with van der Waals surface area (Å²) >= 11 is 0. The Labute approximate surface area is 250 Å². The highest BCUT2D eigenvalue weighted by atomic mass is 16.5. The topological polar surface area (TPSA) is 90.3 Å². The zero-order valence-electron chi connectivity index (χ0n) is 25.1. The van der Waals surface area contributed by atoms with Crippen LogP contribution in [0.3, 0.4) is 0 Å². The van der Waals surface area contributed by atoms with Crippen molar-refractivity contribution in [1.82, 2.24) is 9.80 Å². The number of rotatable bonds is 14. The standard InChI is InChI=1S/C35H48N2O5/c38-34(39)27-15-16-29-30(14-6-2-8-18-37-21-11-4-12-22-37)33-26(13-5-1-7-17-36-19-9-3-10-20-36)23-28(35(40)41)25-32(33)42-31(29)24-27/h15-16,23-25,30H,1-14,17-22H2,(H,38,39)(H,40,41). The van der Waals surface area contributed by atoms with Crippen molar-refractivity contribution in [2.75, 3.05) is 39.3 Å². The molecule has 2 fully saturated rings. The Bertz CT molecular complexity index is 1220. The highest BCUT2D eigenvalue weighted by Gasteiger charge is 2.31. The molecule has 2 aromatic carbocycles. The number of hydrogen-bond acceptors (Lipinski definition) is 5. The van der Waals surface area contributed by atoms with Crippen molar-refractivity contribution in [2.24, 2.45) is 0 Å². The van der Waals surface area contributed by atoms with E-state index >= 15 is 0 Å². The summed E-state index contributed by atoms with van der Waals surface area (Å²) in [6.07, 6.45) is 16.4. The van der Waals surface area contributed by atoms with E-state index in [1.807, 2.05) is 12.1 Å². The second-order valence-electron chi connectivity index (χ2n) is 12.5. The average molecular weight is 577 g/mol. The lowest BCUT2D eigenvalue weighted by atomic mass is 9.80. The van der Waals surface area contributed by atoms with Crippen LogP contribution in [0.1, 0.15) is 127 Å². The maximum Gasteiger partial charge on any atom is 0.335 e. The van der Waals surface area contributed by atoms with Gasteiger partial charge in [0.1, 0.15) is 11.5 Å². The first-order valence-electron chi connectivity index (χ1n) is 16.4. The molecule has 0 radical (unpaired) electrons. The molecule has 0 bridgehead atoms. The summed E-state index contributed by atoms with van der Waals surface area (Å²) in [4.78, 5) is 29.0. The van der Waals surface area contributed by atoms with Crippen LogP contribution in [-0.4, -0.2) is 71.2 Å². The number of nitrogens with zero attached hydrogens (tertiary/aromatic N) is 2. The first kappa shape index (κ1) is 30.6. The number of aryl methyl sites for hydroxylation is 1. The number of benzene rings is 2. The highest BCUT2D eigenvalue weighted by molar-refractivity contribution is 5.90. The predicted molar refractivity (Wildman–Crippen MR) is 165 cm³/mol. The summed E-state index contributed by atoms with van der Waals surface area (Å²) in [5, 5.41) is 19.5. The van der Waals surface area contributed by atoms with Crippen LogP contribution in [0.2, 0.25) is 0 Å². The van der Waals surface area contributed by atoms with Crippen molar-refractivity contribution in [3.8, 4) is 11.5 Å². The van der Waals surface area contributed by atoms with E-state index in [0.717, 1.165) is 68.3 Å². The van der Waals surface area contributed by atoms with Crippen molar-refractivity contribution in [2.45, 2.75) is 95.8 Å². The molecule has 0 aliphatic carbocycles. The third-order valence-electron chi connectivity index (χ3n) is 9.46. The minimum Gasteiger partial charge on any atom is -0.478 e. The quantitative estimate of drug-likeness (QED) is 0.224. The number of fused-ring (bicyclic) bond motifs is 2. The number of hydrogen-bond donors (Lipinski definition) is 2. The van der Waals surface area contributed by atoms with Gasteiger partial charge in [-0.1, -0.05) is 38.2 Å². The first-order chi connectivity index (χ1) is 20.5. The SMILES string of the molecule is O=C(O)c1ccc2c(c1)Oc1cc(C(=O)O)cc(CCCCCN3CCCCC3)c1C2CCCCCN1CCCCC1. The molecule has 1 unspecified atom stereocenters. The van der Waals surface area contributed by atoms with Crippen molar-refractivity contribution < 1.29 is 24.5 Å². The van der Waals surface area contributed by atoms with Gasteiger partial charge < -0.3 is 24.7 Å². The van der Waals surface area contributed by atoms with Crippen LogP contribution in [0.15, 0.2) is 30.3 Å². The number of likely N-dealkylation sites (tertiary alicyclic amines) is 2. The van der Waals surface area contributed by atoms with Gasteiger partial charge in [-0.15, -0.1) is 0 Å². The number of carboxylic acids is 2. The number of unbranched alkanes of at least 4 members (excludes halogenated alkanes) is 4. The van der Waals surface area contributed by atoms with Crippen LogP contribution in [0.4, 0.5) is 0 Å². The fourth-order valence-electron chi connectivity index (χ4n) is 7.17. The van der Waals surface area contributed by atoms with Crippen LogP contribution in [0.25, 0.3) is 0 Å². The minimum absolute atomic E-state index is 0.0628. The van der Waals surface area contributed by atoms with Crippen LogP contribution in [0, 0.1) is 0 Å². The van der Waals surface area contributed by atoms with E-state index in [-0.39, 0.29) is 17.0 Å². The molecule has 1 atom stereocenters. The molecule has 7 nitrogen and oxygen atoms in total. The molecule has 0 amide bonds. The summed E-state index contributed by atoms with van der Waals surface area (Å²) in [7, 11) is 0. The van der Waals surface area contributed by atoms with Crippen LogP contribution >= 0.6 is 0 Å². The molecule has 3 aliphatic heterocycles. The molecular weight excluding hydrogens is 528 g/mol. The fourth-order valence-corrected chi connectivity index (χ4v) is 7.17. The summed E-state index contributed by atoms with van der Waals surface area (Å²) < 4.78 is 6.30. The first-order valence-corrected chi connectivity index (χ1v) is 16.4. The summed E-state index contributed by atoms with van der Waals surface area (Å²) in [6.45, 7) is 7.19. The third kappa shape index (κ3) is 7.93. The summed E-state index contributed by atoms with van der Waals surface area (Å²) in [5.74, 6) is -0.784. The van der Waals surface area contributed by atoms with E-state index in [4.69, 9.17) is 4.74 Å². The van der Waals surface area contributed by atoms with E-state index in [0.29, 0.717) is 11.5 Å². The Morgan fingerprint density at radius 1 is 0.690 bits per heavy atom. The Morgan fingerprint density at radius 3 is 1.90 bits per heavy atom. The molecule has 228 valence electrons. The molecule has 2 N–H and O–H groups in total. The molecule has 2 saturated heterocycles. The van der Waals surface area contributed by atoms with Gasteiger partial charge in [-0.05, 0) is 127 Å². The van der Waals surface area contributed by atoms with E-state index < -0.39 is 11.9 Å². The highest BCUT2D eigenvalue weighted by Crippen LogP contribution is 2.49. The fraction of sp³-hybridized carbons (Fsp3) is 0.600. The number of carboxylic acid groups (broad SMARTS) is 2. The molecule has 42 heavy (non-hydrogen) atoms. The lowest BCUT2D eigenvalue weighted by Crippen LogP contribution is -2.30. The molecule has 5 rings (SSSR count). The van der Waals surface area contributed by atoms with Crippen molar-refractivity contribution in [3.05, 3.63) is 58.1 Å². The van der Waals surface area contributed by atoms with Gasteiger partial charge in [0.25, 0.3) is 0 Å². The lowest BCUT2D eigenvalue weighted by molar-refractivity contribution is 0.0686. The maximum atomic E-state index is 12.1. The molecule has 3 heterocycles. The van der Waals surface area contributed by atoms with Crippen molar-refractivity contribution in [1.29, 1.82) is 0 Å². The second-order valence-corrected chi connectivity index (χ2v) is 12.5. The molecular formula is C35H48N2O5. The van der Waals surface area contributed by atoms with Gasteiger partial charge >= 0.3 is 11.9 Å². The predicted octanol–water partition coefficient (Wildman–Crippen LogP) is 7.57. The van der Waals surface area contributed by atoms with E-state index in [9.17, 15) is 19.8 Å².